The van der Waals surface area contributed by atoms with E-state index in [1.165, 1.54) is 8.99 Å². The molecule has 0 aliphatic rings. The molecular formula is C21H25N3O3S. The zero-order chi connectivity index (χ0) is 20.5. The Morgan fingerprint density at radius 3 is 2.18 bits per heavy atom. The number of nitrogens with zero attached hydrogens (tertiary/aromatic N) is 3. The van der Waals surface area contributed by atoms with Crippen LogP contribution in [-0.4, -0.2) is 23.5 Å². The molecule has 0 fully saturated rings. The Morgan fingerprint density at radius 1 is 0.964 bits per heavy atom. The molecule has 0 unspecified atom stereocenters. The molecule has 0 aliphatic carbocycles. The monoisotopic (exact) mass is 399 g/mol. The average Bonchev–Trinajstić information content (AvgIpc) is 2.90. The number of hydrogen-bond acceptors (Lipinski definition) is 3. The number of benzene rings is 2. The highest BCUT2D eigenvalue weighted by Crippen LogP contribution is 2.24. The number of rotatable bonds is 6. The molecule has 0 bridgehead atoms. The molecule has 7 heteroatoms. The standard InChI is InChI=1S/C21H25N3O3S/c1-5-28(26,27)23(15-18-12-10-9-11-16(18)2)20-17(3)22(4)24(21(20)25)19-13-7-6-8-14-19/h6-14H,5,15H2,1-4H3. The van der Waals surface area contributed by atoms with Crippen LogP contribution in [0, 0.1) is 13.8 Å². The van der Waals surface area contributed by atoms with E-state index < -0.39 is 10.0 Å². The van der Waals surface area contributed by atoms with Crippen molar-refractivity contribution in [2.75, 3.05) is 10.1 Å². The van der Waals surface area contributed by atoms with Crippen LogP contribution in [0.3, 0.4) is 0 Å². The largest absolute Gasteiger partial charge is 0.296 e. The van der Waals surface area contributed by atoms with Gasteiger partial charge in [-0.25, -0.2) is 13.1 Å². The van der Waals surface area contributed by atoms with Crippen LogP contribution in [0.2, 0.25) is 0 Å². The molecule has 2 aromatic carbocycles. The minimum absolute atomic E-state index is 0.0853. The Bertz CT molecular complexity index is 1150. The maximum absolute atomic E-state index is 13.3. The fourth-order valence-electron chi connectivity index (χ4n) is 3.26. The Hall–Kier alpha value is -2.80. The lowest BCUT2D eigenvalue weighted by Gasteiger charge is -2.23. The summed E-state index contributed by atoms with van der Waals surface area (Å²) in [5.41, 5.74) is 2.98. The number of anilines is 1. The summed E-state index contributed by atoms with van der Waals surface area (Å²) >= 11 is 0. The van der Waals surface area contributed by atoms with Crippen LogP contribution in [0.1, 0.15) is 23.7 Å². The van der Waals surface area contributed by atoms with Crippen molar-refractivity contribution in [3.8, 4) is 5.69 Å². The Balaban J connectivity index is 2.22. The van der Waals surface area contributed by atoms with Crippen molar-refractivity contribution in [1.29, 1.82) is 0 Å². The van der Waals surface area contributed by atoms with Crippen molar-refractivity contribution in [2.24, 2.45) is 7.05 Å². The number of hydrogen-bond donors (Lipinski definition) is 0. The van der Waals surface area contributed by atoms with Gasteiger partial charge in [-0.15, -0.1) is 0 Å². The summed E-state index contributed by atoms with van der Waals surface area (Å²) in [4.78, 5) is 13.3. The number of aryl methyl sites for hydroxylation is 1. The van der Waals surface area contributed by atoms with Crippen molar-refractivity contribution >= 4 is 15.7 Å². The lowest BCUT2D eigenvalue weighted by molar-refractivity contribution is 0.591. The van der Waals surface area contributed by atoms with E-state index in [1.807, 2.05) is 61.5 Å². The van der Waals surface area contributed by atoms with Gasteiger partial charge in [-0.3, -0.25) is 13.8 Å². The summed E-state index contributed by atoms with van der Waals surface area (Å²) in [5, 5.41) is 0. The smallest absolute Gasteiger partial charge is 0.283 e. The van der Waals surface area contributed by atoms with E-state index >= 15 is 0 Å². The summed E-state index contributed by atoms with van der Waals surface area (Å²) < 4.78 is 30.3. The first-order chi connectivity index (χ1) is 13.3. The fraction of sp³-hybridized carbons (Fsp3) is 0.286. The van der Waals surface area contributed by atoms with Crippen LogP contribution in [0.15, 0.2) is 59.4 Å². The van der Waals surface area contributed by atoms with Crippen molar-refractivity contribution in [1.82, 2.24) is 9.36 Å². The molecule has 0 amide bonds. The van der Waals surface area contributed by atoms with Gasteiger partial charge in [0.15, 0.2) is 0 Å². The van der Waals surface area contributed by atoms with E-state index in [4.69, 9.17) is 0 Å². The van der Waals surface area contributed by atoms with Crippen molar-refractivity contribution in [3.05, 3.63) is 81.8 Å². The molecule has 0 radical (unpaired) electrons. The topological polar surface area (TPSA) is 64.3 Å². The van der Waals surface area contributed by atoms with Crippen molar-refractivity contribution in [3.63, 3.8) is 0 Å². The summed E-state index contributed by atoms with van der Waals surface area (Å²) in [6, 6.07) is 16.8. The minimum atomic E-state index is -3.65. The van der Waals surface area contributed by atoms with Gasteiger partial charge in [0.05, 0.1) is 23.7 Å². The van der Waals surface area contributed by atoms with Gasteiger partial charge in [0, 0.05) is 7.05 Å². The quantitative estimate of drug-likeness (QED) is 0.640. The molecular weight excluding hydrogens is 374 g/mol. The van der Waals surface area contributed by atoms with Gasteiger partial charge in [0.2, 0.25) is 10.0 Å². The highest BCUT2D eigenvalue weighted by Gasteiger charge is 2.29. The SMILES string of the molecule is CCS(=O)(=O)N(Cc1ccccc1C)c1c(C)n(C)n(-c2ccccc2)c1=O. The van der Waals surface area contributed by atoms with E-state index in [-0.39, 0.29) is 23.5 Å². The van der Waals surface area contributed by atoms with Crippen LogP contribution in [0.4, 0.5) is 5.69 Å². The first kappa shape index (κ1) is 19.9. The molecule has 0 saturated carbocycles. The third-order valence-corrected chi connectivity index (χ3v) is 6.76. The van der Waals surface area contributed by atoms with Gasteiger partial charge in [-0.1, -0.05) is 42.5 Å². The molecule has 0 spiro atoms. The van der Waals surface area contributed by atoms with Crippen LogP contribution < -0.4 is 9.86 Å². The molecule has 3 aromatic rings. The van der Waals surface area contributed by atoms with E-state index in [1.54, 1.807) is 25.6 Å². The normalized spacial score (nSPS) is 11.6. The van der Waals surface area contributed by atoms with Crippen LogP contribution in [0.5, 0.6) is 0 Å². The van der Waals surface area contributed by atoms with Crippen LogP contribution >= 0.6 is 0 Å². The van der Waals surface area contributed by atoms with Crippen LogP contribution in [0.25, 0.3) is 5.69 Å². The van der Waals surface area contributed by atoms with Crippen molar-refractivity contribution < 1.29 is 8.42 Å². The maximum Gasteiger partial charge on any atom is 0.296 e. The number of sulfonamides is 1. The Morgan fingerprint density at radius 2 is 1.57 bits per heavy atom. The minimum Gasteiger partial charge on any atom is -0.283 e. The van der Waals surface area contributed by atoms with Crippen molar-refractivity contribution in [2.45, 2.75) is 27.3 Å². The third kappa shape index (κ3) is 3.49. The predicted molar refractivity (Wildman–Crippen MR) is 113 cm³/mol. The second kappa shape index (κ2) is 7.67. The Labute approximate surface area is 165 Å². The van der Waals surface area contributed by atoms with E-state index in [0.29, 0.717) is 11.4 Å². The summed E-state index contributed by atoms with van der Waals surface area (Å²) in [6.45, 7) is 5.42. The molecule has 3 rings (SSSR count). The molecule has 1 aromatic heterocycles. The zero-order valence-electron chi connectivity index (χ0n) is 16.6. The lowest BCUT2D eigenvalue weighted by atomic mass is 10.1. The third-order valence-electron chi connectivity index (χ3n) is 5.05. The van der Waals surface area contributed by atoms with Gasteiger partial charge in [-0.2, -0.15) is 0 Å². The highest BCUT2D eigenvalue weighted by atomic mass is 32.2. The zero-order valence-corrected chi connectivity index (χ0v) is 17.4. The van der Waals surface area contributed by atoms with Gasteiger partial charge in [0.25, 0.3) is 5.56 Å². The molecule has 0 aliphatic heterocycles. The van der Waals surface area contributed by atoms with E-state index in [9.17, 15) is 13.2 Å². The first-order valence-electron chi connectivity index (χ1n) is 9.17. The van der Waals surface area contributed by atoms with E-state index in [2.05, 4.69) is 0 Å². The fourth-order valence-corrected chi connectivity index (χ4v) is 4.39. The maximum atomic E-state index is 13.3. The summed E-state index contributed by atoms with van der Waals surface area (Å²) in [6.07, 6.45) is 0. The second-order valence-corrected chi connectivity index (χ2v) is 8.93. The molecule has 6 nitrogen and oxygen atoms in total. The highest BCUT2D eigenvalue weighted by molar-refractivity contribution is 7.92. The predicted octanol–water partition coefficient (Wildman–Crippen LogP) is 3.15. The second-order valence-electron chi connectivity index (χ2n) is 6.74. The molecule has 1 heterocycles. The summed E-state index contributed by atoms with van der Waals surface area (Å²) in [7, 11) is -1.89. The number of para-hydroxylation sites is 1. The van der Waals surface area contributed by atoms with E-state index in [0.717, 1.165) is 11.1 Å². The summed E-state index contributed by atoms with van der Waals surface area (Å²) in [5.74, 6) is -0.0853. The van der Waals surface area contributed by atoms with Gasteiger partial charge < -0.3 is 0 Å². The average molecular weight is 400 g/mol. The molecule has 0 N–H and O–H groups in total. The molecule has 28 heavy (non-hydrogen) atoms. The van der Waals surface area contributed by atoms with Gasteiger partial charge >= 0.3 is 0 Å². The van der Waals surface area contributed by atoms with Gasteiger partial charge in [0.1, 0.15) is 5.69 Å². The Kier molecular flexibility index (Phi) is 5.47. The first-order valence-corrected chi connectivity index (χ1v) is 10.8. The van der Waals surface area contributed by atoms with Gasteiger partial charge in [-0.05, 0) is 44.0 Å². The number of aromatic nitrogens is 2. The molecule has 148 valence electrons. The molecule has 0 saturated heterocycles. The lowest BCUT2D eigenvalue weighted by Crippen LogP contribution is -2.36. The molecule has 0 atom stereocenters. The van der Waals surface area contributed by atoms with Crippen LogP contribution in [-0.2, 0) is 23.6 Å².